The molecule has 1 aromatic carbocycles. The first-order chi connectivity index (χ1) is 56.1. The lowest BCUT2D eigenvalue weighted by atomic mass is 9.91. The molecule has 1 unspecified atom stereocenters. The van der Waals surface area contributed by atoms with Gasteiger partial charge in [0.25, 0.3) is 11.8 Å². The molecule has 5 amide bonds. The number of aliphatic carboxylic acids is 1. The number of allylic oxidation sites excluding steroid dienone is 15. The number of alkyl carbamates (subject to hydrolysis) is 1. The van der Waals surface area contributed by atoms with E-state index in [0.29, 0.717) is 42.3 Å². The van der Waals surface area contributed by atoms with Crippen LogP contribution in [0.25, 0.3) is 0 Å². The van der Waals surface area contributed by atoms with Crippen molar-refractivity contribution in [3.63, 3.8) is 0 Å². The fourth-order valence-electron chi connectivity index (χ4n) is 15.0. The summed E-state index contributed by atoms with van der Waals surface area (Å²) >= 11 is 0. The Bertz CT molecular complexity index is 3270. The maximum absolute atomic E-state index is 12.2. The van der Waals surface area contributed by atoms with E-state index >= 15 is 0 Å². The number of benzene rings is 1. The van der Waals surface area contributed by atoms with Crippen LogP contribution >= 0.6 is 0 Å². The minimum absolute atomic E-state index is 0.0325. The van der Waals surface area contributed by atoms with Gasteiger partial charge in [0.1, 0.15) is 23.9 Å². The normalized spacial score (nSPS) is 30.5. The van der Waals surface area contributed by atoms with E-state index < -0.39 is 35.5 Å². The smallest absolute Gasteiger partial charge is 0.412 e. The summed E-state index contributed by atoms with van der Waals surface area (Å²) in [6.07, 6.45) is 83.1. The van der Waals surface area contributed by atoms with Gasteiger partial charge in [-0.05, 0) is 316 Å². The van der Waals surface area contributed by atoms with Gasteiger partial charge in [0.2, 0.25) is 0 Å². The first-order valence-corrected chi connectivity index (χ1v) is 44.6. The van der Waals surface area contributed by atoms with Gasteiger partial charge in [-0.3, -0.25) is 14.9 Å². The number of aliphatic hydroxyl groups is 4. The zero-order chi connectivity index (χ0) is 85.0. The molecule has 13 rings (SSSR count). The number of carbonyl (C=O) groups is 6. The summed E-state index contributed by atoms with van der Waals surface area (Å²) in [4.78, 5) is 71.5. The average Bonchev–Trinajstić information content (AvgIpc) is 1.72. The van der Waals surface area contributed by atoms with Crippen molar-refractivity contribution in [2.75, 3.05) is 29.9 Å². The third-order valence-electron chi connectivity index (χ3n) is 21.9. The first kappa shape index (κ1) is 100. The van der Waals surface area contributed by atoms with Crippen LogP contribution in [0.4, 0.5) is 25.8 Å². The zero-order valence-corrected chi connectivity index (χ0v) is 72.5. The molecule has 0 radical (unpaired) electrons. The minimum atomic E-state index is -0.885. The highest BCUT2D eigenvalue weighted by atomic mass is 16.8. The monoisotopic (exact) mass is 1630 g/mol. The molecule has 0 saturated carbocycles. The number of fused-ring (bicyclic) bond motifs is 2. The molecule has 4 heterocycles. The van der Waals surface area contributed by atoms with E-state index in [2.05, 4.69) is 127 Å². The highest BCUT2D eigenvalue weighted by molar-refractivity contribution is 6.28. The zero-order valence-electron chi connectivity index (χ0n) is 72.5. The Kier molecular flexibility index (Phi) is 48.9. The van der Waals surface area contributed by atoms with Gasteiger partial charge in [-0.25, -0.2) is 24.1 Å². The summed E-state index contributed by atoms with van der Waals surface area (Å²) in [5.74, 6) is -1.63. The molecule has 0 aromatic heterocycles. The van der Waals surface area contributed by atoms with Crippen LogP contribution in [-0.2, 0) is 42.8 Å². The summed E-state index contributed by atoms with van der Waals surface area (Å²) in [7, 11) is 0. The van der Waals surface area contributed by atoms with Crippen molar-refractivity contribution < 1.29 is 82.7 Å². The quantitative estimate of drug-likeness (QED) is 0.0791. The van der Waals surface area contributed by atoms with E-state index in [1.807, 2.05) is 48.5 Å². The Balaban J connectivity index is 0.000000241. The predicted octanol–water partition coefficient (Wildman–Crippen LogP) is 21.2. The van der Waals surface area contributed by atoms with Gasteiger partial charge in [0.05, 0.1) is 54.0 Å². The third kappa shape index (κ3) is 45.1. The van der Waals surface area contributed by atoms with Gasteiger partial charge in [-0.15, -0.1) is 0 Å². The number of carboxylic acid groups (broad SMARTS) is 1. The highest BCUT2D eigenvalue weighted by Crippen LogP contribution is 2.35. The topological polar surface area (TPSA) is 289 Å². The predicted molar refractivity (Wildman–Crippen MR) is 468 cm³/mol. The van der Waals surface area contributed by atoms with Crippen molar-refractivity contribution in [1.82, 2.24) is 10.2 Å². The molecule has 8 aliphatic carbocycles. The molecule has 0 spiro atoms. The summed E-state index contributed by atoms with van der Waals surface area (Å²) in [6.45, 7) is 17.1. The second-order valence-corrected chi connectivity index (χ2v) is 34.3. The highest BCUT2D eigenvalue weighted by Gasteiger charge is 2.41. The number of amides is 5. The van der Waals surface area contributed by atoms with Crippen molar-refractivity contribution in [3.8, 4) is 0 Å². The number of aliphatic hydroxyl groups excluding tert-OH is 4. The maximum Gasteiger partial charge on any atom is 0.412 e. The number of rotatable bonds is 6. The summed E-state index contributed by atoms with van der Waals surface area (Å²) < 4.78 is 33.2. The lowest BCUT2D eigenvalue weighted by Gasteiger charge is -2.30. The van der Waals surface area contributed by atoms with E-state index in [9.17, 15) is 49.2 Å². The van der Waals surface area contributed by atoms with E-state index in [0.717, 1.165) is 198 Å². The first-order valence-electron chi connectivity index (χ1n) is 44.6. The largest absolute Gasteiger partial charge is 0.480 e. The number of nitrogens with zero attached hydrogens (tertiary/aromatic N) is 2. The van der Waals surface area contributed by atoms with Crippen LogP contribution in [0.3, 0.4) is 0 Å². The standard InChI is InChI=1S/C20H22N2O4.C12H21NO2.C11H18O3.C11H18O2.C9H13NO2.C9H16O.C8H14O2.C8H14O.C8H14/c1-20(13-5-3-2-4-6-14-20)26-19(25)21-15-7-9-16(10-8-15)22-17(23)11-12-18(22)24;1-12(2,3)15-11(14)13-9-7-5-4-6-8-10-13;1-11(14-9-10(12)13)7-5-3-2-4-6-8-11;1-11(2)12-9-7-5-3-4-6-8-10(9)13-11;11-9-10-7-5-3-1-2-4-6-8(7)12-9;1-8-6-4-2-3-5-7-9(8)10;9-7-5-3-1-2-4-6-8(7)10;9-8-6-4-2-1-3-5-7-8;1-2-4-6-8-7-5-3-1/h2-3,7-12H,4-6,13-14H2,1H3,(H,21,25);4-5H,6-10H2,1-3H3;2-3H,4-9H2,1H3,(H,12,13);3-4,9-10H,5-8H2,1-2H3;3,5,7-8H,1-2,4,6H2,(H,10,11);4,6,8-10H,2-3,5,7H2,1H3;1-2,7-10H,3-6H2;1-2,8-9H,3-7H2;1-2H,3-8H2/b3-2+;5-4+;3-2+;4-3+;5-3+;6-4+;2*2-1+;/t;;11-;9-,10-;7-,8-;8-,9-;7-,8-;8-;/m..011011./s1. The van der Waals surface area contributed by atoms with Crippen LogP contribution in [0.1, 0.15) is 312 Å². The molecule has 11 atom stereocenters. The number of carbonyl (C=O) groups excluding carboxylic acids is 5. The van der Waals surface area contributed by atoms with Gasteiger partial charge >= 0.3 is 24.2 Å². The lowest BCUT2D eigenvalue weighted by Crippen LogP contribution is -2.38. The third-order valence-corrected chi connectivity index (χ3v) is 21.9. The van der Waals surface area contributed by atoms with Crippen molar-refractivity contribution in [2.45, 2.75) is 384 Å². The SMILES string of the molecule is C1=CCCCCCC1.CC(C)(C)OC(=O)N1CC/C=C/CCC1.CC1(C)O[C@@H]2CC/C=C/CC[C@H]2O1.CC1(OC(=O)Nc2ccc(N3C(=O)C=CC3=O)cc2)CC/C=C/CCC1.C[C@H]1/C=C/CCCC[C@@H]1O.C[C@]1(OCC(=O)O)CC/C=C/CCC1.O=C1N[C@@H]2/C=C/CCCC[C@H]2O1.O[C@@H]1CC/C=C/CCC1.O[C@@H]1CC/C=C/CC[C@H]1O. The van der Waals surface area contributed by atoms with Crippen molar-refractivity contribution >= 4 is 47.4 Å². The fourth-order valence-corrected chi connectivity index (χ4v) is 15.0. The van der Waals surface area contributed by atoms with E-state index in [1.54, 1.807) is 29.2 Å². The Hall–Kier alpha value is -7.24. The Morgan fingerprint density at radius 3 is 1.53 bits per heavy atom. The van der Waals surface area contributed by atoms with E-state index in [1.165, 1.54) is 76.4 Å². The fraction of sp³-hybridized carbons (Fsp3) is 0.667. The van der Waals surface area contributed by atoms with Crippen LogP contribution in [0.15, 0.2) is 146 Å². The van der Waals surface area contributed by atoms with Gasteiger partial charge < -0.3 is 64.2 Å². The molecular formula is C96H150N4O17. The van der Waals surface area contributed by atoms with Crippen LogP contribution in [0, 0.1) is 5.92 Å². The van der Waals surface area contributed by atoms with Crippen molar-refractivity contribution in [1.29, 1.82) is 0 Å². The number of imide groups is 1. The number of ether oxygens (including phenoxy) is 6. The second kappa shape index (κ2) is 57.1. The van der Waals surface area contributed by atoms with Crippen molar-refractivity contribution in [3.05, 3.63) is 146 Å². The molecule has 12 aliphatic rings. The second-order valence-electron chi connectivity index (χ2n) is 34.3. The summed E-state index contributed by atoms with van der Waals surface area (Å²) in [5, 5.41) is 51.0. The van der Waals surface area contributed by atoms with E-state index in [-0.39, 0.29) is 66.3 Å². The Morgan fingerprint density at radius 2 is 0.957 bits per heavy atom. The van der Waals surface area contributed by atoms with Crippen molar-refractivity contribution in [2.24, 2.45) is 5.92 Å². The average molecular weight is 1630 g/mol. The summed E-state index contributed by atoms with van der Waals surface area (Å²) in [6, 6.07) is 6.62. The molecule has 4 aliphatic heterocycles. The van der Waals surface area contributed by atoms with Crippen LogP contribution in [0.2, 0.25) is 0 Å². The number of nitrogens with one attached hydrogen (secondary N) is 2. The summed E-state index contributed by atoms with van der Waals surface area (Å²) in [5.41, 5.74) is -0.115. The lowest BCUT2D eigenvalue weighted by molar-refractivity contribution is -0.150. The number of carboxylic acids is 1. The molecule has 0 bridgehead atoms. The minimum Gasteiger partial charge on any atom is -0.480 e. The van der Waals surface area contributed by atoms with E-state index in [4.69, 9.17) is 33.5 Å². The molecule has 21 nitrogen and oxygen atoms in total. The molecular weight excluding hydrogens is 1480 g/mol. The number of hydrogen-bond donors (Lipinski definition) is 7. The van der Waals surface area contributed by atoms with Crippen LogP contribution in [0.5, 0.6) is 0 Å². The molecule has 21 heteroatoms. The molecule has 7 N–H and O–H groups in total. The molecule has 1 aromatic rings. The molecule has 2 saturated heterocycles. The van der Waals surface area contributed by atoms with Crippen LogP contribution in [-0.4, -0.2) is 158 Å². The molecule has 656 valence electrons. The van der Waals surface area contributed by atoms with Gasteiger partial charge in [0, 0.05) is 30.9 Å². The van der Waals surface area contributed by atoms with Crippen LogP contribution < -0.4 is 15.5 Å². The van der Waals surface area contributed by atoms with Gasteiger partial charge in [-0.1, -0.05) is 136 Å². The maximum atomic E-state index is 12.2. The molecule has 2 fully saturated rings. The Labute approximate surface area is 702 Å². The Morgan fingerprint density at radius 1 is 0.487 bits per heavy atom. The number of anilines is 2. The molecule has 117 heavy (non-hydrogen) atoms. The van der Waals surface area contributed by atoms with Gasteiger partial charge in [-0.2, -0.15) is 0 Å². The van der Waals surface area contributed by atoms with Gasteiger partial charge in [0.15, 0.2) is 5.79 Å². The number of hydrogen-bond acceptors (Lipinski definition) is 16.